The molecular weight excluding hydrogens is 243 g/mol. The van der Waals surface area contributed by atoms with Crippen LogP contribution in [0, 0.1) is 0 Å². The first kappa shape index (κ1) is 16.8. The molecule has 104 valence electrons. The molecule has 0 aliphatic rings. The zero-order valence-corrected chi connectivity index (χ0v) is 15.4. The smallest absolute Gasteiger partial charge is 0.132 e. The molecule has 1 heteroatoms. The molecule has 0 atom stereocenters. The fraction of sp³-hybridized carbons (Fsp3) is 0.667. The van der Waals surface area contributed by atoms with Crippen LogP contribution in [0.4, 0.5) is 0 Å². The Morgan fingerprint density at radius 3 is 1.16 bits per heavy atom. The predicted octanol–water partition coefficient (Wildman–Crippen LogP) is 4.37. The molecule has 0 fully saturated rings. The van der Waals surface area contributed by atoms with E-state index < -0.39 is 0 Å². The van der Waals surface area contributed by atoms with Crippen LogP contribution in [0.1, 0.15) is 79.0 Å². The highest BCUT2D eigenvalue weighted by Gasteiger charge is 2.26. The summed E-state index contributed by atoms with van der Waals surface area (Å²) in [7, 11) is 0. The Kier molecular flexibility index (Phi) is 4.37. The normalized spacial score (nSPS) is 13.7. The number of benzene rings is 1. The van der Waals surface area contributed by atoms with Gasteiger partial charge in [-0.1, -0.05) is 85.6 Å². The van der Waals surface area contributed by atoms with Crippen molar-refractivity contribution < 1.29 is 0 Å². The maximum atomic E-state index is 2.98. The first-order chi connectivity index (χ1) is 8.24. The monoisotopic (exact) mass is 272 g/mol. The summed E-state index contributed by atoms with van der Waals surface area (Å²) in [4.78, 5) is 0. The van der Waals surface area contributed by atoms with Crippen LogP contribution in [-0.4, -0.2) is 16.3 Å². The molecule has 0 unspecified atom stereocenters. The fourth-order valence-corrected chi connectivity index (χ4v) is 3.36. The summed E-state index contributed by atoms with van der Waals surface area (Å²) in [6.07, 6.45) is 0. The molecular formula is C18H29Al. The van der Waals surface area contributed by atoms with Gasteiger partial charge in [-0.2, -0.15) is 0 Å². The van der Waals surface area contributed by atoms with Crippen LogP contribution in [0.15, 0.2) is 12.1 Å². The summed E-state index contributed by atoms with van der Waals surface area (Å²) in [6.45, 7) is 20.7. The highest BCUT2D eigenvalue weighted by molar-refractivity contribution is 6.34. The molecule has 0 spiro atoms. The molecule has 0 saturated heterocycles. The molecule has 1 aromatic rings. The van der Waals surface area contributed by atoms with Crippen LogP contribution < -0.4 is 4.43 Å². The predicted molar refractivity (Wildman–Crippen MR) is 87.9 cm³/mol. The summed E-state index contributed by atoms with van der Waals surface area (Å²) >= 11 is 2.98. The average molecular weight is 272 g/mol. The van der Waals surface area contributed by atoms with Crippen LogP contribution in [0.25, 0.3) is 0 Å². The van der Waals surface area contributed by atoms with Gasteiger partial charge in [0.1, 0.15) is 0 Å². The summed E-state index contributed by atoms with van der Waals surface area (Å²) in [6, 6.07) is 4.80. The highest BCUT2D eigenvalue weighted by Crippen LogP contribution is 2.32. The lowest BCUT2D eigenvalue weighted by Gasteiger charge is -2.33. The minimum Gasteiger partial charge on any atom is -0.132 e. The van der Waals surface area contributed by atoms with E-state index in [0.717, 1.165) is 0 Å². The molecule has 0 aliphatic heterocycles. The van der Waals surface area contributed by atoms with E-state index in [4.69, 9.17) is 0 Å². The second kappa shape index (κ2) is 4.94. The van der Waals surface area contributed by atoms with E-state index in [2.05, 4.69) is 90.7 Å². The summed E-state index contributed by atoms with van der Waals surface area (Å²) in [5.74, 6) is 0. The van der Waals surface area contributed by atoms with E-state index in [1.165, 1.54) is 21.1 Å². The minimum absolute atomic E-state index is 0.179. The van der Waals surface area contributed by atoms with Gasteiger partial charge in [-0.3, -0.25) is 0 Å². The SMILES string of the molecule is CC(C)(C)c1cc(C(C)(C)C)[c]([Al])c(C(C)(C)C)c1. The van der Waals surface area contributed by atoms with Crippen molar-refractivity contribution >= 4 is 20.7 Å². The van der Waals surface area contributed by atoms with Crippen molar-refractivity contribution in [3.05, 3.63) is 28.8 Å². The van der Waals surface area contributed by atoms with E-state index >= 15 is 0 Å². The molecule has 0 aliphatic carbocycles. The van der Waals surface area contributed by atoms with Crippen molar-refractivity contribution in [2.75, 3.05) is 0 Å². The van der Waals surface area contributed by atoms with Gasteiger partial charge in [-0.05, 0) is 21.8 Å². The second-order valence-electron chi connectivity index (χ2n) is 8.74. The van der Waals surface area contributed by atoms with E-state index in [-0.39, 0.29) is 16.2 Å². The van der Waals surface area contributed by atoms with E-state index in [0.29, 0.717) is 0 Å². The molecule has 0 aromatic heterocycles. The van der Waals surface area contributed by atoms with Crippen molar-refractivity contribution in [1.82, 2.24) is 0 Å². The Bertz CT molecular complexity index is 427. The van der Waals surface area contributed by atoms with E-state index in [1.807, 2.05) is 0 Å². The third-order valence-electron chi connectivity index (χ3n) is 3.66. The Morgan fingerprint density at radius 2 is 0.947 bits per heavy atom. The van der Waals surface area contributed by atoms with E-state index in [1.54, 1.807) is 0 Å². The molecule has 0 N–H and O–H groups in total. The van der Waals surface area contributed by atoms with Crippen LogP contribution in [-0.2, 0) is 16.2 Å². The number of hydrogen-bond donors (Lipinski definition) is 0. The third kappa shape index (κ3) is 3.87. The van der Waals surface area contributed by atoms with Crippen molar-refractivity contribution in [3.8, 4) is 0 Å². The Morgan fingerprint density at radius 1 is 0.632 bits per heavy atom. The lowest BCUT2D eigenvalue weighted by molar-refractivity contribution is 0.553. The van der Waals surface area contributed by atoms with Crippen LogP contribution in [0.2, 0.25) is 0 Å². The highest BCUT2D eigenvalue weighted by atomic mass is 27.0. The lowest BCUT2D eigenvalue weighted by atomic mass is 9.75. The lowest BCUT2D eigenvalue weighted by Crippen LogP contribution is -2.32. The minimum atomic E-state index is 0.179. The average Bonchev–Trinajstić information content (AvgIpc) is 2.11. The Labute approximate surface area is 128 Å². The largest absolute Gasteiger partial charge is 0.176 e. The first-order valence-electron chi connectivity index (χ1n) is 7.19. The second-order valence-corrected chi connectivity index (χ2v) is 9.31. The van der Waals surface area contributed by atoms with Gasteiger partial charge in [0.15, 0.2) is 16.3 Å². The standard InChI is InChI=1S/C18H29.Al/c1-16(2,3)13-10-14(17(4,5)6)12-15(11-13)18(7,8)9;/h10-11H,1-9H3;. The van der Waals surface area contributed by atoms with Gasteiger partial charge in [0.25, 0.3) is 0 Å². The molecule has 1 rings (SSSR count). The van der Waals surface area contributed by atoms with Crippen molar-refractivity contribution in [1.29, 1.82) is 0 Å². The van der Waals surface area contributed by atoms with Crippen molar-refractivity contribution in [2.45, 2.75) is 78.6 Å². The van der Waals surface area contributed by atoms with Crippen LogP contribution >= 0.6 is 0 Å². The summed E-state index contributed by atoms with van der Waals surface area (Å²) in [5, 5.41) is 0. The van der Waals surface area contributed by atoms with Gasteiger partial charge < -0.3 is 0 Å². The number of hydrogen-bond acceptors (Lipinski definition) is 0. The Hall–Kier alpha value is -0.248. The Balaban J connectivity index is 3.68. The topological polar surface area (TPSA) is 0 Å². The third-order valence-corrected chi connectivity index (χ3v) is 4.28. The molecule has 1 aromatic carbocycles. The molecule has 0 saturated carbocycles. The van der Waals surface area contributed by atoms with E-state index in [9.17, 15) is 0 Å². The molecule has 0 nitrogen and oxygen atoms in total. The molecule has 0 amide bonds. The van der Waals surface area contributed by atoms with Gasteiger partial charge in [-0.15, -0.1) is 4.43 Å². The molecule has 0 bridgehead atoms. The molecule has 2 radical (unpaired) electrons. The molecule has 0 heterocycles. The first-order valence-corrected chi connectivity index (χ1v) is 7.77. The zero-order chi connectivity index (χ0) is 15.2. The van der Waals surface area contributed by atoms with Gasteiger partial charge in [0.2, 0.25) is 0 Å². The van der Waals surface area contributed by atoms with Crippen molar-refractivity contribution in [3.63, 3.8) is 0 Å². The van der Waals surface area contributed by atoms with Gasteiger partial charge in [0.05, 0.1) is 0 Å². The van der Waals surface area contributed by atoms with Gasteiger partial charge in [0, 0.05) is 0 Å². The number of rotatable bonds is 0. The van der Waals surface area contributed by atoms with Crippen molar-refractivity contribution in [2.24, 2.45) is 0 Å². The maximum absolute atomic E-state index is 2.98. The van der Waals surface area contributed by atoms with Crippen LogP contribution in [0.3, 0.4) is 0 Å². The summed E-state index contributed by atoms with van der Waals surface area (Å²) in [5.41, 5.74) is 4.90. The fourth-order valence-electron chi connectivity index (χ4n) is 2.33. The van der Waals surface area contributed by atoms with Crippen LogP contribution in [0.5, 0.6) is 0 Å². The summed E-state index contributed by atoms with van der Waals surface area (Å²) < 4.78 is 1.38. The quantitative estimate of drug-likeness (QED) is 0.615. The maximum Gasteiger partial charge on any atom is 0.176 e. The van der Waals surface area contributed by atoms with Gasteiger partial charge >= 0.3 is 0 Å². The molecule has 19 heavy (non-hydrogen) atoms. The van der Waals surface area contributed by atoms with Gasteiger partial charge in [-0.25, -0.2) is 0 Å². The zero-order valence-electron chi connectivity index (χ0n) is 14.2.